The van der Waals surface area contributed by atoms with Crippen molar-refractivity contribution in [2.45, 2.75) is 30.4 Å². The first-order chi connectivity index (χ1) is 12.9. The van der Waals surface area contributed by atoms with Crippen molar-refractivity contribution in [1.82, 2.24) is 5.32 Å². The van der Waals surface area contributed by atoms with Gasteiger partial charge < -0.3 is 10.1 Å². The first kappa shape index (κ1) is 20.8. The lowest BCUT2D eigenvalue weighted by atomic mass is 10.0. The highest BCUT2D eigenvalue weighted by molar-refractivity contribution is 8.00. The molecule has 0 spiro atoms. The van der Waals surface area contributed by atoms with Crippen LogP contribution in [-0.2, 0) is 4.79 Å². The van der Waals surface area contributed by atoms with Gasteiger partial charge in [0.1, 0.15) is 18.1 Å². The molecule has 0 aliphatic rings. The van der Waals surface area contributed by atoms with Crippen LogP contribution in [0.15, 0.2) is 47.4 Å². The number of nitrogens with zero attached hydrogens (tertiary/aromatic N) is 1. The van der Waals surface area contributed by atoms with E-state index in [0.29, 0.717) is 23.7 Å². The molecule has 142 valence electrons. The van der Waals surface area contributed by atoms with Gasteiger partial charge in [0, 0.05) is 10.5 Å². The average Bonchev–Trinajstić information content (AvgIpc) is 2.65. The largest absolute Gasteiger partial charge is 0.496 e. The molecule has 4 nitrogen and oxygen atoms in total. The van der Waals surface area contributed by atoms with Crippen molar-refractivity contribution in [3.63, 3.8) is 0 Å². The predicted molar refractivity (Wildman–Crippen MR) is 106 cm³/mol. The molecule has 0 bridgehead atoms. The van der Waals surface area contributed by atoms with Crippen LogP contribution in [0.2, 0.25) is 0 Å². The summed E-state index contributed by atoms with van der Waals surface area (Å²) in [7, 11) is 1.55. The quantitative estimate of drug-likeness (QED) is 0.530. The molecule has 2 aromatic rings. The number of benzene rings is 2. The zero-order valence-electron chi connectivity index (χ0n) is 15.7. The third kappa shape index (κ3) is 6.00. The molecule has 27 heavy (non-hydrogen) atoms. The molecule has 1 N–H and O–H groups in total. The van der Waals surface area contributed by atoms with Crippen molar-refractivity contribution < 1.29 is 13.9 Å². The maximum atomic E-state index is 13.6. The van der Waals surface area contributed by atoms with Gasteiger partial charge >= 0.3 is 0 Å². The van der Waals surface area contributed by atoms with Crippen LogP contribution < -0.4 is 10.1 Å². The van der Waals surface area contributed by atoms with Gasteiger partial charge in [-0.1, -0.05) is 26.0 Å². The molecule has 0 aliphatic carbocycles. The number of carbonyl (C=O) groups is 1. The van der Waals surface area contributed by atoms with Gasteiger partial charge in [-0.05, 0) is 48.2 Å². The maximum absolute atomic E-state index is 13.6. The monoisotopic (exact) mass is 386 g/mol. The van der Waals surface area contributed by atoms with Crippen molar-refractivity contribution in [3.8, 4) is 22.9 Å². The Labute approximate surface area is 163 Å². The molecule has 0 saturated carbocycles. The minimum Gasteiger partial charge on any atom is -0.496 e. The number of hydrogen-bond donors (Lipinski definition) is 1. The standard InChI is InChI=1S/C21H23FN2O2S/c1-14(2)12-20(21(25)24-11-10-23)27-17-7-4-15(5-8-17)18-13-16(22)6-9-19(18)26-3/h4-9,13-14,20H,11-12H2,1-3H3,(H,24,25). The van der Waals surface area contributed by atoms with Gasteiger partial charge in [0.05, 0.1) is 18.4 Å². The average molecular weight is 386 g/mol. The zero-order chi connectivity index (χ0) is 19.8. The van der Waals surface area contributed by atoms with E-state index in [1.54, 1.807) is 13.2 Å². The van der Waals surface area contributed by atoms with Crippen molar-refractivity contribution in [3.05, 3.63) is 48.3 Å². The Kier molecular flexibility index (Phi) is 7.68. The van der Waals surface area contributed by atoms with Gasteiger partial charge in [0.15, 0.2) is 0 Å². The highest BCUT2D eigenvalue weighted by Crippen LogP contribution is 2.33. The Morgan fingerprint density at radius 2 is 1.96 bits per heavy atom. The third-order valence-corrected chi connectivity index (χ3v) is 5.16. The van der Waals surface area contributed by atoms with Crippen LogP contribution in [0, 0.1) is 23.1 Å². The van der Waals surface area contributed by atoms with Gasteiger partial charge in [-0.25, -0.2) is 4.39 Å². The number of rotatable bonds is 8. The highest BCUT2D eigenvalue weighted by Gasteiger charge is 2.21. The number of halogens is 1. The summed E-state index contributed by atoms with van der Waals surface area (Å²) in [5.41, 5.74) is 1.52. The summed E-state index contributed by atoms with van der Waals surface area (Å²) in [6.45, 7) is 4.13. The number of nitriles is 1. The minimum atomic E-state index is -0.324. The van der Waals surface area contributed by atoms with E-state index in [2.05, 4.69) is 19.2 Å². The number of methoxy groups -OCH3 is 1. The van der Waals surface area contributed by atoms with Crippen LogP contribution in [0.4, 0.5) is 4.39 Å². The molecule has 0 saturated heterocycles. The van der Waals surface area contributed by atoms with E-state index in [4.69, 9.17) is 10.00 Å². The zero-order valence-corrected chi connectivity index (χ0v) is 16.5. The molecule has 0 heterocycles. The lowest BCUT2D eigenvalue weighted by Gasteiger charge is -2.18. The van der Waals surface area contributed by atoms with Crippen LogP contribution in [0.5, 0.6) is 5.75 Å². The Morgan fingerprint density at radius 1 is 1.26 bits per heavy atom. The lowest BCUT2D eigenvalue weighted by Crippen LogP contribution is -2.33. The summed E-state index contributed by atoms with van der Waals surface area (Å²) in [6, 6.07) is 13.9. The van der Waals surface area contributed by atoms with Crippen LogP contribution >= 0.6 is 11.8 Å². The lowest BCUT2D eigenvalue weighted by molar-refractivity contribution is -0.120. The molecule has 2 rings (SSSR count). The summed E-state index contributed by atoms with van der Waals surface area (Å²) in [4.78, 5) is 13.2. The van der Waals surface area contributed by atoms with E-state index in [9.17, 15) is 9.18 Å². The van der Waals surface area contributed by atoms with Crippen molar-refractivity contribution in [2.75, 3.05) is 13.7 Å². The molecular formula is C21H23FN2O2S. The Hall–Kier alpha value is -2.52. The fourth-order valence-corrected chi connectivity index (χ4v) is 3.95. The van der Waals surface area contributed by atoms with E-state index in [0.717, 1.165) is 10.5 Å². The van der Waals surface area contributed by atoms with Crippen molar-refractivity contribution >= 4 is 17.7 Å². The summed E-state index contributed by atoms with van der Waals surface area (Å²) < 4.78 is 18.9. The first-order valence-electron chi connectivity index (χ1n) is 8.70. The third-order valence-electron chi connectivity index (χ3n) is 3.92. The van der Waals surface area contributed by atoms with Gasteiger partial charge in [-0.15, -0.1) is 11.8 Å². The Balaban J connectivity index is 2.19. The van der Waals surface area contributed by atoms with Crippen molar-refractivity contribution in [1.29, 1.82) is 5.26 Å². The van der Waals surface area contributed by atoms with Gasteiger partial charge in [0.2, 0.25) is 5.91 Å². The van der Waals surface area contributed by atoms with Crippen LogP contribution in [-0.4, -0.2) is 24.8 Å². The van der Waals surface area contributed by atoms with Gasteiger partial charge in [-0.3, -0.25) is 4.79 Å². The first-order valence-corrected chi connectivity index (χ1v) is 9.57. The fraction of sp³-hybridized carbons (Fsp3) is 0.333. The Morgan fingerprint density at radius 3 is 2.56 bits per heavy atom. The predicted octanol–water partition coefficient (Wildman–Crippen LogP) is 4.65. The van der Waals surface area contributed by atoms with E-state index in [1.165, 1.54) is 23.9 Å². The summed E-state index contributed by atoms with van der Waals surface area (Å²) in [5, 5.41) is 11.0. The van der Waals surface area contributed by atoms with Crippen molar-refractivity contribution in [2.24, 2.45) is 5.92 Å². The van der Waals surface area contributed by atoms with Gasteiger partial charge in [0.25, 0.3) is 0 Å². The number of carbonyl (C=O) groups excluding carboxylic acids is 1. The number of nitrogens with one attached hydrogen (secondary N) is 1. The van der Waals surface area contributed by atoms with Gasteiger partial charge in [-0.2, -0.15) is 5.26 Å². The molecule has 0 radical (unpaired) electrons. The highest BCUT2D eigenvalue weighted by atomic mass is 32.2. The second kappa shape index (κ2) is 9.98. The molecule has 6 heteroatoms. The minimum absolute atomic E-state index is 0.00624. The van der Waals surface area contributed by atoms with E-state index < -0.39 is 0 Å². The number of thioether (sulfide) groups is 1. The molecular weight excluding hydrogens is 363 g/mol. The molecule has 0 fully saturated rings. The summed E-state index contributed by atoms with van der Waals surface area (Å²) >= 11 is 1.47. The molecule has 0 aliphatic heterocycles. The number of hydrogen-bond acceptors (Lipinski definition) is 4. The molecule has 1 amide bonds. The molecule has 1 unspecified atom stereocenters. The second-order valence-electron chi connectivity index (χ2n) is 6.48. The van der Waals surface area contributed by atoms with E-state index >= 15 is 0 Å². The number of ether oxygens (including phenoxy) is 1. The fourth-order valence-electron chi connectivity index (χ4n) is 2.66. The van der Waals surface area contributed by atoms with E-state index in [-0.39, 0.29) is 23.5 Å². The topological polar surface area (TPSA) is 62.1 Å². The number of amides is 1. The SMILES string of the molecule is COc1ccc(F)cc1-c1ccc(SC(CC(C)C)C(=O)NCC#N)cc1. The van der Waals surface area contributed by atoms with Crippen LogP contribution in [0.1, 0.15) is 20.3 Å². The second-order valence-corrected chi connectivity index (χ2v) is 7.76. The molecule has 1 atom stereocenters. The molecule has 2 aromatic carbocycles. The normalized spacial score (nSPS) is 11.7. The smallest absolute Gasteiger partial charge is 0.234 e. The molecule has 0 aromatic heterocycles. The van der Waals surface area contributed by atoms with Crippen LogP contribution in [0.3, 0.4) is 0 Å². The van der Waals surface area contributed by atoms with E-state index in [1.807, 2.05) is 30.3 Å². The summed E-state index contributed by atoms with van der Waals surface area (Å²) in [5.74, 6) is 0.498. The Bertz CT molecular complexity index is 816. The summed E-state index contributed by atoms with van der Waals surface area (Å²) in [6.07, 6.45) is 0.710. The maximum Gasteiger partial charge on any atom is 0.234 e. The van der Waals surface area contributed by atoms with Crippen LogP contribution in [0.25, 0.3) is 11.1 Å².